The van der Waals surface area contributed by atoms with Crippen LogP contribution in [0.4, 0.5) is 0 Å². The molecule has 19 heavy (non-hydrogen) atoms. The lowest BCUT2D eigenvalue weighted by atomic mass is 9.84. The Morgan fingerprint density at radius 1 is 1.05 bits per heavy atom. The highest BCUT2D eigenvalue weighted by molar-refractivity contribution is 5.81. The minimum atomic E-state index is -0.184. The van der Waals surface area contributed by atoms with E-state index in [2.05, 4.69) is 0 Å². The molecule has 3 aliphatic carbocycles. The zero-order valence-corrected chi connectivity index (χ0v) is 11.4. The van der Waals surface area contributed by atoms with Crippen molar-refractivity contribution in [2.75, 3.05) is 13.1 Å². The number of amides is 1. The molecule has 3 N–H and O–H groups in total. The van der Waals surface area contributed by atoms with Crippen LogP contribution in [0.1, 0.15) is 32.1 Å². The molecule has 0 spiro atoms. The molecule has 1 aliphatic heterocycles. The molecule has 0 aromatic carbocycles. The van der Waals surface area contributed by atoms with E-state index in [9.17, 15) is 9.90 Å². The quantitative estimate of drug-likeness (QED) is 0.728. The summed E-state index contributed by atoms with van der Waals surface area (Å²) in [4.78, 5) is 14.8. The van der Waals surface area contributed by atoms with Crippen molar-refractivity contribution in [3.8, 4) is 0 Å². The monoisotopic (exact) mass is 264 g/mol. The largest absolute Gasteiger partial charge is 0.393 e. The van der Waals surface area contributed by atoms with Gasteiger partial charge in [0.25, 0.3) is 0 Å². The highest BCUT2D eigenvalue weighted by atomic mass is 16.3. The second-order valence-electron chi connectivity index (χ2n) is 7.25. The molecule has 4 nitrogen and oxygen atoms in total. The van der Waals surface area contributed by atoms with Gasteiger partial charge in [0.05, 0.1) is 12.0 Å². The summed E-state index contributed by atoms with van der Waals surface area (Å²) in [5.41, 5.74) is 6.28. The number of aliphatic hydroxyl groups is 1. The number of carbonyl (C=O) groups is 1. The molecule has 4 aliphatic rings. The second kappa shape index (κ2) is 4.19. The standard InChI is InChI=1S/C15H24N2O2/c16-14-9-2-1-8(5-9)13(14)15(19)17-6-10-3-4-12(18)11(10)7-17/h8-14,18H,1-7,16H2. The molecule has 7 unspecified atom stereocenters. The van der Waals surface area contributed by atoms with Crippen LogP contribution in [0.5, 0.6) is 0 Å². The maximum absolute atomic E-state index is 12.7. The van der Waals surface area contributed by atoms with Crippen molar-refractivity contribution in [2.24, 2.45) is 35.3 Å². The van der Waals surface area contributed by atoms with Crippen molar-refractivity contribution < 1.29 is 9.90 Å². The minimum Gasteiger partial charge on any atom is -0.393 e. The molecule has 4 fully saturated rings. The van der Waals surface area contributed by atoms with Gasteiger partial charge in [0.1, 0.15) is 0 Å². The molecule has 0 aromatic rings. The van der Waals surface area contributed by atoms with Crippen molar-refractivity contribution in [1.82, 2.24) is 4.90 Å². The minimum absolute atomic E-state index is 0.0784. The fourth-order valence-corrected chi connectivity index (χ4v) is 5.33. The number of aliphatic hydroxyl groups excluding tert-OH is 1. The van der Waals surface area contributed by atoms with E-state index in [0.717, 1.165) is 25.9 Å². The maximum atomic E-state index is 12.7. The summed E-state index contributed by atoms with van der Waals surface area (Å²) in [7, 11) is 0. The fourth-order valence-electron chi connectivity index (χ4n) is 5.33. The lowest BCUT2D eigenvalue weighted by Gasteiger charge is -2.31. The van der Waals surface area contributed by atoms with Crippen LogP contribution >= 0.6 is 0 Å². The third kappa shape index (κ3) is 1.69. The lowest BCUT2D eigenvalue weighted by molar-refractivity contribution is -0.137. The van der Waals surface area contributed by atoms with Crippen molar-refractivity contribution >= 4 is 5.91 Å². The molecule has 1 saturated heterocycles. The van der Waals surface area contributed by atoms with Crippen molar-refractivity contribution in [3.63, 3.8) is 0 Å². The first-order valence-corrected chi connectivity index (χ1v) is 7.87. The van der Waals surface area contributed by atoms with Crippen LogP contribution in [0.25, 0.3) is 0 Å². The molecule has 3 saturated carbocycles. The highest BCUT2D eigenvalue weighted by Crippen LogP contribution is 2.49. The van der Waals surface area contributed by atoms with Crippen LogP contribution < -0.4 is 5.73 Å². The van der Waals surface area contributed by atoms with Gasteiger partial charge >= 0.3 is 0 Å². The highest BCUT2D eigenvalue weighted by Gasteiger charge is 2.52. The lowest BCUT2D eigenvalue weighted by Crippen LogP contribution is -2.46. The fraction of sp³-hybridized carbons (Fsp3) is 0.933. The van der Waals surface area contributed by atoms with Crippen LogP contribution in [0.3, 0.4) is 0 Å². The molecule has 0 radical (unpaired) electrons. The van der Waals surface area contributed by atoms with Gasteiger partial charge < -0.3 is 15.7 Å². The Bertz CT molecular complexity index is 398. The molecule has 4 heteroatoms. The van der Waals surface area contributed by atoms with E-state index in [1.165, 1.54) is 19.3 Å². The van der Waals surface area contributed by atoms with Gasteiger partial charge in [-0.05, 0) is 49.9 Å². The first kappa shape index (κ1) is 12.2. The zero-order chi connectivity index (χ0) is 13.1. The van der Waals surface area contributed by atoms with Gasteiger partial charge in [-0.15, -0.1) is 0 Å². The first-order chi connectivity index (χ1) is 9.15. The normalized spacial score (nSPS) is 51.9. The number of nitrogens with zero attached hydrogens (tertiary/aromatic N) is 1. The third-order valence-corrected chi connectivity index (χ3v) is 6.40. The summed E-state index contributed by atoms with van der Waals surface area (Å²) in [6.45, 7) is 1.63. The third-order valence-electron chi connectivity index (χ3n) is 6.40. The van der Waals surface area contributed by atoms with E-state index < -0.39 is 0 Å². The summed E-state index contributed by atoms with van der Waals surface area (Å²) < 4.78 is 0. The van der Waals surface area contributed by atoms with E-state index in [0.29, 0.717) is 29.6 Å². The number of hydrogen-bond donors (Lipinski definition) is 2. The topological polar surface area (TPSA) is 66.6 Å². The van der Waals surface area contributed by atoms with Crippen LogP contribution in [0.2, 0.25) is 0 Å². The molecule has 0 aromatic heterocycles. The van der Waals surface area contributed by atoms with Gasteiger partial charge in [0.15, 0.2) is 0 Å². The average Bonchev–Trinajstić information content (AvgIpc) is 3.11. The number of carbonyl (C=O) groups excluding carboxylic acids is 1. The van der Waals surface area contributed by atoms with E-state index in [1.807, 2.05) is 4.90 Å². The first-order valence-electron chi connectivity index (χ1n) is 7.87. The molecule has 106 valence electrons. The number of hydrogen-bond acceptors (Lipinski definition) is 3. The SMILES string of the molecule is NC1C2CCC(C2)C1C(=O)N1CC2CCC(O)C2C1. The Kier molecular flexibility index (Phi) is 2.68. The van der Waals surface area contributed by atoms with Crippen LogP contribution in [-0.2, 0) is 4.79 Å². The summed E-state index contributed by atoms with van der Waals surface area (Å²) in [5.74, 6) is 2.37. The second-order valence-corrected chi connectivity index (χ2v) is 7.25. The summed E-state index contributed by atoms with van der Waals surface area (Å²) in [6.07, 6.45) is 5.40. The number of nitrogens with two attached hydrogens (primary N) is 1. The van der Waals surface area contributed by atoms with Gasteiger partial charge in [-0.2, -0.15) is 0 Å². The van der Waals surface area contributed by atoms with Crippen LogP contribution in [0, 0.1) is 29.6 Å². The number of rotatable bonds is 1. The van der Waals surface area contributed by atoms with E-state index in [1.54, 1.807) is 0 Å². The predicted molar refractivity (Wildman–Crippen MR) is 71.1 cm³/mol. The molecule has 1 heterocycles. The number of fused-ring (bicyclic) bond motifs is 3. The van der Waals surface area contributed by atoms with E-state index in [-0.39, 0.29) is 18.1 Å². The summed E-state index contributed by atoms with van der Waals surface area (Å²) in [5, 5.41) is 9.96. The Labute approximate surface area is 114 Å². The Balaban J connectivity index is 1.47. The van der Waals surface area contributed by atoms with Crippen LogP contribution in [-0.4, -0.2) is 41.1 Å². The van der Waals surface area contributed by atoms with Gasteiger partial charge in [-0.1, -0.05) is 0 Å². The molecule has 1 amide bonds. The summed E-state index contributed by atoms with van der Waals surface area (Å²) in [6, 6.07) is 0.0941. The van der Waals surface area contributed by atoms with Crippen molar-refractivity contribution in [3.05, 3.63) is 0 Å². The number of likely N-dealkylation sites (tertiary alicyclic amines) is 1. The molecular weight excluding hydrogens is 240 g/mol. The molecule has 2 bridgehead atoms. The van der Waals surface area contributed by atoms with Crippen molar-refractivity contribution in [2.45, 2.75) is 44.2 Å². The average molecular weight is 264 g/mol. The van der Waals surface area contributed by atoms with Crippen molar-refractivity contribution in [1.29, 1.82) is 0 Å². The Hall–Kier alpha value is -0.610. The van der Waals surface area contributed by atoms with Gasteiger partial charge in [-0.3, -0.25) is 4.79 Å². The van der Waals surface area contributed by atoms with Gasteiger partial charge in [-0.25, -0.2) is 0 Å². The van der Waals surface area contributed by atoms with Crippen LogP contribution in [0.15, 0.2) is 0 Å². The predicted octanol–water partition coefficient (Wildman–Crippen LogP) is 0.589. The molecule has 4 rings (SSSR count). The smallest absolute Gasteiger partial charge is 0.227 e. The van der Waals surface area contributed by atoms with E-state index >= 15 is 0 Å². The van der Waals surface area contributed by atoms with E-state index in [4.69, 9.17) is 5.73 Å². The Morgan fingerprint density at radius 2 is 1.79 bits per heavy atom. The molecule has 7 atom stereocenters. The maximum Gasteiger partial charge on any atom is 0.227 e. The molecular formula is C15H24N2O2. The Morgan fingerprint density at radius 3 is 2.47 bits per heavy atom. The van der Waals surface area contributed by atoms with Gasteiger partial charge in [0.2, 0.25) is 5.91 Å². The summed E-state index contributed by atoms with van der Waals surface area (Å²) >= 11 is 0. The zero-order valence-electron chi connectivity index (χ0n) is 11.4. The van der Waals surface area contributed by atoms with Gasteiger partial charge in [0, 0.05) is 25.0 Å².